The van der Waals surface area contributed by atoms with Gasteiger partial charge in [-0.15, -0.1) is 0 Å². The van der Waals surface area contributed by atoms with E-state index in [0.717, 1.165) is 5.71 Å². The van der Waals surface area contributed by atoms with Crippen LogP contribution in [0.15, 0.2) is 35.0 Å². The van der Waals surface area contributed by atoms with Crippen LogP contribution in [-0.2, 0) is 4.79 Å². The first-order valence-electron chi connectivity index (χ1n) is 7.16. The molecule has 0 spiro atoms. The molecule has 3 heterocycles. The molecule has 2 amide bonds. The van der Waals surface area contributed by atoms with Gasteiger partial charge in [0.25, 0.3) is 11.8 Å². The number of carbonyl (C=O) groups is 2. The molecule has 1 unspecified atom stereocenters. The van der Waals surface area contributed by atoms with E-state index in [1.165, 1.54) is 7.11 Å². The number of nitrogens with zero attached hydrogens (tertiary/aromatic N) is 4. The van der Waals surface area contributed by atoms with Crippen LogP contribution >= 0.6 is 0 Å². The first kappa shape index (κ1) is 14.9. The van der Waals surface area contributed by atoms with Crippen LogP contribution in [0.3, 0.4) is 0 Å². The number of amides is 2. The van der Waals surface area contributed by atoms with Gasteiger partial charge in [0.1, 0.15) is 17.2 Å². The number of pyridine rings is 1. The minimum Gasteiger partial charge on any atom is -0.480 e. The molecule has 0 radical (unpaired) electrons. The number of aliphatic imine (C=N–C) groups is 1. The van der Waals surface area contributed by atoms with Gasteiger partial charge in [0, 0.05) is 37.3 Å². The molecule has 1 aromatic heterocycles. The van der Waals surface area contributed by atoms with Crippen molar-refractivity contribution in [1.82, 2.24) is 9.88 Å². The summed E-state index contributed by atoms with van der Waals surface area (Å²) in [6.07, 6.45) is 3.68. The Kier molecular flexibility index (Phi) is 3.89. The van der Waals surface area contributed by atoms with E-state index < -0.39 is 5.91 Å². The molecule has 7 nitrogen and oxygen atoms in total. The Morgan fingerprint density at radius 1 is 1.52 bits per heavy atom. The average molecular weight is 310 g/mol. The van der Waals surface area contributed by atoms with Gasteiger partial charge in [-0.3, -0.25) is 9.59 Å². The van der Waals surface area contributed by atoms with Crippen LogP contribution < -0.4 is 4.74 Å². The van der Waals surface area contributed by atoms with Crippen LogP contribution in [0.5, 0.6) is 5.88 Å². The first-order chi connectivity index (χ1) is 11.1. The number of hydrogen-bond acceptors (Lipinski definition) is 5. The number of piperidine rings is 1. The third-order valence-electron chi connectivity index (χ3n) is 3.93. The SMILES string of the molecule is COc1ncccc1C(=O)N1CCC2=NC(=O)C(C#N)=CC2C1. The summed E-state index contributed by atoms with van der Waals surface area (Å²) in [7, 11) is 1.47. The number of rotatable bonds is 2. The van der Waals surface area contributed by atoms with E-state index in [0.29, 0.717) is 25.1 Å². The third kappa shape index (κ3) is 2.71. The molecule has 2 aliphatic rings. The lowest BCUT2D eigenvalue weighted by Crippen LogP contribution is -2.45. The normalized spacial score (nSPS) is 20.1. The van der Waals surface area contributed by atoms with E-state index in [4.69, 9.17) is 10.00 Å². The predicted octanol–water partition coefficient (Wildman–Crippen LogP) is 0.983. The summed E-state index contributed by atoms with van der Waals surface area (Å²) in [5.41, 5.74) is 1.16. The second-order valence-corrected chi connectivity index (χ2v) is 5.27. The zero-order chi connectivity index (χ0) is 16.4. The van der Waals surface area contributed by atoms with Crippen molar-refractivity contribution in [2.45, 2.75) is 6.42 Å². The van der Waals surface area contributed by atoms with Gasteiger partial charge in [-0.05, 0) is 12.1 Å². The third-order valence-corrected chi connectivity index (χ3v) is 3.93. The molecule has 116 valence electrons. The van der Waals surface area contributed by atoms with Gasteiger partial charge in [0.15, 0.2) is 0 Å². The predicted molar refractivity (Wildman–Crippen MR) is 80.9 cm³/mol. The fraction of sp³-hybridized carbons (Fsp3) is 0.312. The van der Waals surface area contributed by atoms with Gasteiger partial charge in [-0.2, -0.15) is 5.26 Å². The number of dihydropyridines is 1. The van der Waals surface area contributed by atoms with Crippen molar-refractivity contribution in [2.75, 3.05) is 20.2 Å². The maximum atomic E-state index is 12.7. The molecule has 1 saturated heterocycles. The number of fused-ring (bicyclic) bond motifs is 1. The van der Waals surface area contributed by atoms with Crippen LogP contribution in [0.25, 0.3) is 0 Å². The van der Waals surface area contributed by atoms with Crippen molar-refractivity contribution in [3.05, 3.63) is 35.5 Å². The highest BCUT2D eigenvalue weighted by molar-refractivity contribution is 6.10. The van der Waals surface area contributed by atoms with Crippen molar-refractivity contribution in [2.24, 2.45) is 10.9 Å². The molecule has 2 aliphatic heterocycles. The molecule has 1 atom stereocenters. The van der Waals surface area contributed by atoms with E-state index >= 15 is 0 Å². The Hall–Kier alpha value is -3.01. The van der Waals surface area contributed by atoms with E-state index in [-0.39, 0.29) is 23.3 Å². The molecule has 1 aromatic rings. The topological polar surface area (TPSA) is 95.7 Å². The number of ether oxygens (including phenoxy) is 1. The quantitative estimate of drug-likeness (QED) is 0.811. The average Bonchev–Trinajstić information content (AvgIpc) is 2.60. The Balaban J connectivity index is 1.83. The summed E-state index contributed by atoms with van der Waals surface area (Å²) in [6.45, 7) is 0.851. The molecule has 3 rings (SSSR count). The Morgan fingerprint density at radius 3 is 3.09 bits per heavy atom. The molecular weight excluding hydrogens is 296 g/mol. The van der Waals surface area contributed by atoms with Crippen LogP contribution in [0.2, 0.25) is 0 Å². The highest BCUT2D eigenvalue weighted by Crippen LogP contribution is 2.25. The first-order valence-corrected chi connectivity index (χ1v) is 7.16. The lowest BCUT2D eigenvalue weighted by molar-refractivity contribution is -0.114. The van der Waals surface area contributed by atoms with Crippen molar-refractivity contribution in [3.8, 4) is 11.9 Å². The summed E-state index contributed by atoms with van der Waals surface area (Å²) in [6, 6.07) is 5.20. The number of nitriles is 1. The van der Waals surface area contributed by atoms with Gasteiger partial charge in [0.2, 0.25) is 5.88 Å². The van der Waals surface area contributed by atoms with Crippen molar-refractivity contribution >= 4 is 17.5 Å². The molecule has 0 saturated carbocycles. The molecule has 0 aromatic carbocycles. The molecule has 1 fully saturated rings. The second-order valence-electron chi connectivity index (χ2n) is 5.27. The summed E-state index contributed by atoms with van der Waals surface area (Å²) < 4.78 is 5.13. The smallest absolute Gasteiger partial charge is 0.287 e. The number of likely N-dealkylation sites (tertiary alicyclic amines) is 1. The highest BCUT2D eigenvalue weighted by Gasteiger charge is 2.32. The summed E-state index contributed by atoms with van der Waals surface area (Å²) in [4.78, 5) is 34.0. The Bertz CT molecular complexity index is 776. The lowest BCUT2D eigenvalue weighted by Gasteiger charge is -2.33. The zero-order valence-corrected chi connectivity index (χ0v) is 12.5. The van der Waals surface area contributed by atoms with Gasteiger partial charge in [-0.25, -0.2) is 9.98 Å². The monoisotopic (exact) mass is 310 g/mol. The number of methoxy groups -OCH3 is 1. The summed E-state index contributed by atoms with van der Waals surface area (Å²) in [5.74, 6) is -0.586. The number of carbonyl (C=O) groups excluding carboxylic acids is 2. The molecule has 0 bridgehead atoms. The largest absolute Gasteiger partial charge is 0.480 e. The van der Waals surface area contributed by atoms with Gasteiger partial charge in [-0.1, -0.05) is 6.08 Å². The lowest BCUT2D eigenvalue weighted by atomic mass is 9.90. The summed E-state index contributed by atoms with van der Waals surface area (Å²) in [5, 5.41) is 8.96. The molecular formula is C16H14N4O3. The Labute approximate surface area is 132 Å². The Morgan fingerprint density at radius 2 is 2.35 bits per heavy atom. The van der Waals surface area contributed by atoms with Crippen LogP contribution in [0.4, 0.5) is 0 Å². The van der Waals surface area contributed by atoms with E-state index in [9.17, 15) is 9.59 Å². The van der Waals surface area contributed by atoms with Crippen molar-refractivity contribution < 1.29 is 14.3 Å². The number of hydrogen-bond donors (Lipinski definition) is 0. The van der Waals surface area contributed by atoms with Gasteiger partial charge in [0.05, 0.1) is 7.11 Å². The second kappa shape index (κ2) is 6.01. The van der Waals surface area contributed by atoms with Gasteiger partial charge < -0.3 is 9.64 Å². The molecule has 0 N–H and O–H groups in total. The minimum absolute atomic E-state index is 0.0343. The zero-order valence-electron chi connectivity index (χ0n) is 12.5. The maximum Gasteiger partial charge on any atom is 0.287 e. The van der Waals surface area contributed by atoms with Crippen LogP contribution in [-0.4, -0.2) is 47.6 Å². The molecule has 23 heavy (non-hydrogen) atoms. The summed E-state index contributed by atoms with van der Waals surface area (Å²) >= 11 is 0. The number of aromatic nitrogens is 1. The van der Waals surface area contributed by atoms with Crippen molar-refractivity contribution in [1.29, 1.82) is 5.26 Å². The van der Waals surface area contributed by atoms with E-state index in [2.05, 4.69) is 9.98 Å². The van der Waals surface area contributed by atoms with Crippen LogP contribution in [0.1, 0.15) is 16.8 Å². The molecule has 0 aliphatic carbocycles. The standard InChI is InChI=1S/C16H14N4O3/c1-23-15-12(3-2-5-18-15)16(22)20-6-4-13-11(9-20)7-10(8-17)14(21)19-13/h2-3,5,7,11H,4,6,9H2,1H3. The van der Waals surface area contributed by atoms with E-state index in [1.807, 2.05) is 6.07 Å². The fourth-order valence-corrected chi connectivity index (χ4v) is 2.78. The van der Waals surface area contributed by atoms with Crippen LogP contribution in [0, 0.1) is 17.2 Å². The minimum atomic E-state index is -0.493. The highest BCUT2D eigenvalue weighted by atomic mass is 16.5. The van der Waals surface area contributed by atoms with E-state index in [1.54, 1.807) is 29.3 Å². The fourth-order valence-electron chi connectivity index (χ4n) is 2.78. The molecule has 7 heteroatoms. The van der Waals surface area contributed by atoms with Crippen molar-refractivity contribution in [3.63, 3.8) is 0 Å². The van der Waals surface area contributed by atoms with Gasteiger partial charge >= 0.3 is 0 Å². The maximum absolute atomic E-state index is 12.7.